The molecule has 2 aliphatic rings. The Labute approximate surface area is 159 Å². The van der Waals surface area contributed by atoms with Crippen molar-refractivity contribution in [1.82, 2.24) is 14.4 Å². The fourth-order valence-electron chi connectivity index (χ4n) is 4.22. The molecular formula is C21H26FN3O2. The smallest absolute Gasteiger partial charge is 0.224 e. The Kier molecular flexibility index (Phi) is 5.02. The number of ether oxygens (including phenoxy) is 1. The lowest BCUT2D eigenvalue weighted by atomic mass is 9.94. The van der Waals surface area contributed by atoms with Crippen molar-refractivity contribution in [3.63, 3.8) is 0 Å². The molecule has 2 aromatic rings. The highest BCUT2D eigenvalue weighted by Crippen LogP contribution is 2.32. The lowest BCUT2D eigenvalue weighted by molar-refractivity contribution is -0.137. The SMILES string of the molecule is Cn1cccc1CN1CCC(=O)N(Cc2ccc(F)cc2)C2(CCOC2)C1. The number of amides is 1. The van der Waals surface area contributed by atoms with E-state index in [-0.39, 0.29) is 17.3 Å². The third kappa shape index (κ3) is 3.77. The van der Waals surface area contributed by atoms with E-state index in [2.05, 4.69) is 15.5 Å². The van der Waals surface area contributed by atoms with Gasteiger partial charge in [0.1, 0.15) is 5.82 Å². The minimum Gasteiger partial charge on any atom is -0.379 e. The summed E-state index contributed by atoms with van der Waals surface area (Å²) in [6.07, 6.45) is 3.38. The van der Waals surface area contributed by atoms with E-state index in [1.165, 1.54) is 17.8 Å². The summed E-state index contributed by atoms with van der Waals surface area (Å²) in [5.41, 5.74) is 1.88. The van der Waals surface area contributed by atoms with Gasteiger partial charge in [0.15, 0.2) is 0 Å². The van der Waals surface area contributed by atoms with Crippen LogP contribution in [0.4, 0.5) is 4.39 Å². The molecule has 0 saturated carbocycles. The second kappa shape index (κ2) is 7.44. The topological polar surface area (TPSA) is 37.7 Å². The second-order valence-corrected chi connectivity index (χ2v) is 7.70. The standard InChI is InChI=1S/C21H26FN3O2/c1-23-10-2-3-19(23)14-24-11-8-20(26)25(21(15-24)9-12-27-16-21)13-17-4-6-18(22)7-5-17/h2-7,10H,8-9,11-16H2,1H3. The first-order chi connectivity index (χ1) is 13.1. The largest absolute Gasteiger partial charge is 0.379 e. The van der Waals surface area contributed by atoms with Crippen molar-refractivity contribution in [1.29, 1.82) is 0 Å². The average molecular weight is 371 g/mol. The normalized spacial score (nSPS) is 23.9. The molecule has 1 spiro atoms. The van der Waals surface area contributed by atoms with Gasteiger partial charge in [0.25, 0.3) is 0 Å². The number of benzene rings is 1. The maximum Gasteiger partial charge on any atom is 0.224 e. The van der Waals surface area contributed by atoms with Crippen molar-refractivity contribution in [2.24, 2.45) is 7.05 Å². The van der Waals surface area contributed by atoms with E-state index in [9.17, 15) is 9.18 Å². The molecule has 144 valence electrons. The Morgan fingerprint density at radius 2 is 2.00 bits per heavy atom. The van der Waals surface area contributed by atoms with E-state index < -0.39 is 0 Å². The molecule has 2 aliphatic heterocycles. The van der Waals surface area contributed by atoms with E-state index in [0.717, 1.165) is 31.6 Å². The molecule has 6 heteroatoms. The molecule has 2 saturated heterocycles. The number of carbonyl (C=O) groups is 1. The van der Waals surface area contributed by atoms with Crippen molar-refractivity contribution >= 4 is 5.91 Å². The number of aryl methyl sites for hydroxylation is 1. The third-order valence-corrected chi connectivity index (χ3v) is 5.81. The van der Waals surface area contributed by atoms with Crippen LogP contribution in [0, 0.1) is 5.82 Å². The van der Waals surface area contributed by atoms with Gasteiger partial charge in [0.05, 0.1) is 12.1 Å². The molecule has 2 fully saturated rings. The van der Waals surface area contributed by atoms with Crippen LogP contribution in [0.5, 0.6) is 0 Å². The summed E-state index contributed by atoms with van der Waals surface area (Å²) in [4.78, 5) is 17.4. The van der Waals surface area contributed by atoms with Crippen LogP contribution in [0.3, 0.4) is 0 Å². The molecule has 4 rings (SSSR count). The first-order valence-electron chi connectivity index (χ1n) is 9.51. The molecule has 27 heavy (non-hydrogen) atoms. The molecule has 1 unspecified atom stereocenters. The Hall–Kier alpha value is -2.18. The summed E-state index contributed by atoms with van der Waals surface area (Å²) >= 11 is 0. The number of nitrogens with zero attached hydrogens (tertiary/aromatic N) is 3. The van der Waals surface area contributed by atoms with Crippen LogP contribution in [0.1, 0.15) is 24.1 Å². The van der Waals surface area contributed by atoms with Gasteiger partial charge in [-0.15, -0.1) is 0 Å². The van der Waals surface area contributed by atoms with E-state index >= 15 is 0 Å². The van der Waals surface area contributed by atoms with Crippen molar-refractivity contribution in [2.45, 2.75) is 31.5 Å². The summed E-state index contributed by atoms with van der Waals surface area (Å²) in [5, 5.41) is 0. The lowest BCUT2D eigenvalue weighted by Gasteiger charge is -2.40. The highest BCUT2D eigenvalue weighted by atomic mass is 19.1. The summed E-state index contributed by atoms with van der Waals surface area (Å²) < 4.78 is 21.1. The van der Waals surface area contributed by atoms with Crippen LogP contribution in [-0.4, -0.2) is 52.1 Å². The van der Waals surface area contributed by atoms with Crippen molar-refractivity contribution < 1.29 is 13.9 Å². The first kappa shape index (κ1) is 18.2. The molecule has 1 amide bonds. The van der Waals surface area contributed by atoms with Gasteiger partial charge in [-0.25, -0.2) is 4.39 Å². The molecule has 0 radical (unpaired) electrons. The molecule has 0 N–H and O–H groups in total. The molecule has 0 aliphatic carbocycles. The van der Waals surface area contributed by atoms with Gasteiger partial charge >= 0.3 is 0 Å². The lowest BCUT2D eigenvalue weighted by Crippen LogP contribution is -2.55. The number of hydrogen-bond acceptors (Lipinski definition) is 3. The maximum atomic E-state index is 13.3. The molecule has 5 nitrogen and oxygen atoms in total. The summed E-state index contributed by atoms with van der Waals surface area (Å²) in [6, 6.07) is 10.6. The predicted octanol–water partition coefficient (Wildman–Crippen LogP) is 2.56. The Balaban J connectivity index is 1.58. The average Bonchev–Trinajstić information content (AvgIpc) is 3.26. The van der Waals surface area contributed by atoms with Gasteiger partial charge in [0, 0.05) is 58.1 Å². The van der Waals surface area contributed by atoms with Gasteiger partial charge in [0.2, 0.25) is 5.91 Å². The van der Waals surface area contributed by atoms with Crippen molar-refractivity contribution in [3.05, 3.63) is 59.7 Å². The Bertz CT molecular complexity index is 796. The molecule has 0 bridgehead atoms. The molecule has 1 atom stereocenters. The van der Waals surface area contributed by atoms with Crippen molar-refractivity contribution in [2.75, 3.05) is 26.3 Å². The van der Waals surface area contributed by atoms with E-state index in [1.807, 2.05) is 24.2 Å². The monoisotopic (exact) mass is 371 g/mol. The zero-order chi connectivity index (χ0) is 18.9. The minimum absolute atomic E-state index is 0.152. The van der Waals surface area contributed by atoms with Crippen LogP contribution < -0.4 is 0 Å². The third-order valence-electron chi connectivity index (χ3n) is 5.81. The number of rotatable bonds is 4. The minimum atomic E-state index is -0.312. The number of hydrogen-bond donors (Lipinski definition) is 0. The van der Waals surface area contributed by atoms with Crippen LogP contribution in [0.25, 0.3) is 0 Å². The fourth-order valence-corrected chi connectivity index (χ4v) is 4.22. The van der Waals surface area contributed by atoms with Crippen LogP contribution in [0.15, 0.2) is 42.6 Å². The van der Waals surface area contributed by atoms with Crippen molar-refractivity contribution in [3.8, 4) is 0 Å². The van der Waals surface area contributed by atoms with Crippen LogP contribution >= 0.6 is 0 Å². The van der Waals surface area contributed by atoms with Crippen LogP contribution in [-0.2, 0) is 29.7 Å². The van der Waals surface area contributed by atoms with Gasteiger partial charge < -0.3 is 14.2 Å². The summed E-state index contributed by atoms with van der Waals surface area (Å²) in [7, 11) is 2.05. The molecule has 1 aromatic carbocycles. The van der Waals surface area contributed by atoms with E-state index in [4.69, 9.17) is 4.74 Å². The van der Waals surface area contributed by atoms with Gasteiger partial charge in [-0.1, -0.05) is 12.1 Å². The number of aromatic nitrogens is 1. The molecular weight excluding hydrogens is 345 g/mol. The number of halogens is 1. The quantitative estimate of drug-likeness (QED) is 0.829. The second-order valence-electron chi connectivity index (χ2n) is 7.70. The fraction of sp³-hybridized carbons (Fsp3) is 0.476. The number of carbonyl (C=O) groups excluding carboxylic acids is 1. The maximum absolute atomic E-state index is 13.3. The van der Waals surface area contributed by atoms with Gasteiger partial charge in [-0.05, 0) is 36.2 Å². The molecule has 3 heterocycles. The highest BCUT2D eigenvalue weighted by molar-refractivity contribution is 5.77. The first-order valence-corrected chi connectivity index (χ1v) is 9.51. The predicted molar refractivity (Wildman–Crippen MR) is 100 cm³/mol. The summed E-state index contributed by atoms with van der Waals surface area (Å²) in [5.74, 6) is -0.104. The van der Waals surface area contributed by atoms with Crippen LogP contribution in [0.2, 0.25) is 0 Å². The summed E-state index contributed by atoms with van der Waals surface area (Å²) in [6.45, 7) is 4.09. The van der Waals surface area contributed by atoms with Gasteiger partial charge in [-0.2, -0.15) is 0 Å². The van der Waals surface area contributed by atoms with Gasteiger partial charge in [-0.3, -0.25) is 9.69 Å². The molecule has 1 aromatic heterocycles. The Morgan fingerprint density at radius 3 is 2.67 bits per heavy atom. The zero-order valence-electron chi connectivity index (χ0n) is 15.7. The Morgan fingerprint density at radius 1 is 1.19 bits per heavy atom. The zero-order valence-corrected chi connectivity index (χ0v) is 15.7. The van der Waals surface area contributed by atoms with E-state index in [0.29, 0.717) is 26.2 Å². The highest BCUT2D eigenvalue weighted by Gasteiger charge is 2.46. The van der Waals surface area contributed by atoms with E-state index in [1.54, 1.807) is 12.1 Å².